The molecule has 2 amide bonds. The monoisotopic (exact) mass is 309 g/mol. The van der Waals surface area contributed by atoms with Crippen LogP contribution in [-0.4, -0.2) is 55.8 Å². The number of carbonyl (C=O) groups is 1. The van der Waals surface area contributed by atoms with E-state index in [-0.39, 0.29) is 6.03 Å². The maximum absolute atomic E-state index is 12.4. The number of anilines is 1. The average Bonchev–Trinajstić information content (AvgIpc) is 2.43. The number of carbonyl (C=O) groups excluding carboxylic acids is 1. The molecule has 0 aromatic heterocycles. The second kappa shape index (κ2) is 8.95. The molecule has 0 saturated heterocycles. The van der Waals surface area contributed by atoms with E-state index in [1.54, 1.807) is 11.8 Å². The van der Waals surface area contributed by atoms with Crippen LogP contribution in [0.1, 0.15) is 13.8 Å². The number of benzene rings is 1. The lowest BCUT2D eigenvalue weighted by molar-refractivity contribution is 0.197. The van der Waals surface area contributed by atoms with Crippen molar-refractivity contribution >= 4 is 23.5 Å². The highest BCUT2D eigenvalue weighted by molar-refractivity contribution is 7.98. The number of amides is 2. The summed E-state index contributed by atoms with van der Waals surface area (Å²) >= 11 is 1.67. The van der Waals surface area contributed by atoms with E-state index < -0.39 is 0 Å². The number of rotatable bonds is 7. The summed E-state index contributed by atoms with van der Waals surface area (Å²) in [4.78, 5) is 17.6. The first kappa shape index (κ1) is 17.9. The van der Waals surface area contributed by atoms with Crippen molar-refractivity contribution in [2.45, 2.75) is 18.7 Å². The number of likely N-dealkylation sites (N-methyl/N-ethyl adjacent to an activating group) is 1. The van der Waals surface area contributed by atoms with Crippen molar-refractivity contribution in [2.75, 3.05) is 45.3 Å². The Bertz CT molecular complexity index is 449. The quantitative estimate of drug-likeness (QED) is 0.784. The van der Waals surface area contributed by atoms with Gasteiger partial charge < -0.3 is 15.1 Å². The first-order valence-electron chi connectivity index (χ1n) is 7.27. The average molecular weight is 309 g/mol. The molecule has 0 aliphatic heterocycles. The van der Waals surface area contributed by atoms with Crippen LogP contribution in [0.5, 0.6) is 0 Å². The van der Waals surface area contributed by atoms with E-state index >= 15 is 0 Å². The second-order valence-corrected chi connectivity index (χ2v) is 6.68. The van der Waals surface area contributed by atoms with Crippen LogP contribution in [0.25, 0.3) is 0 Å². The minimum absolute atomic E-state index is 0.0243. The molecule has 1 aromatic rings. The van der Waals surface area contributed by atoms with Crippen molar-refractivity contribution in [3.8, 4) is 0 Å². The smallest absolute Gasteiger partial charge is 0.321 e. The molecule has 0 unspecified atom stereocenters. The molecule has 0 aliphatic rings. The Balaban J connectivity index is 2.69. The van der Waals surface area contributed by atoms with Crippen LogP contribution in [0.3, 0.4) is 0 Å². The van der Waals surface area contributed by atoms with Crippen molar-refractivity contribution in [2.24, 2.45) is 5.92 Å². The molecule has 0 fully saturated rings. The standard InChI is InChI=1S/C16H27N3OS/c1-13(2)12-19(10-9-18(3)4)16(20)17-14-7-6-8-15(11-14)21-5/h6-8,11,13H,9-10,12H2,1-5H3,(H,17,20). The van der Waals surface area contributed by atoms with E-state index in [0.29, 0.717) is 5.92 Å². The highest BCUT2D eigenvalue weighted by atomic mass is 32.2. The molecule has 1 rings (SSSR count). The minimum Gasteiger partial charge on any atom is -0.323 e. The maximum Gasteiger partial charge on any atom is 0.321 e. The van der Waals surface area contributed by atoms with Gasteiger partial charge in [-0.1, -0.05) is 19.9 Å². The van der Waals surface area contributed by atoms with Gasteiger partial charge in [-0.2, -0.15) is 0 Å². The topological polar surface area (TPSA) is 35.6 Å². The Morgan fingerprint density at radius 1 is 1.29 bits per heavy atom. The van der Waals surface area contributed by atoms with E-state index in [4.69, 9.17) is 0 Å². The molecule has 118 valence electrons. The Morgan fingerprint density at radius 2 is 2.00 bits per heavy atom. The highest BCUT2D eigenvalue weighted by Crippen LogP contribution is 2.19. The molecule has 0 bridgehead atoms. The molecule has 5 heteroatoms. The minimum atomic E-state index is -0.0243. The van der Waals surface area contributed by atoms with Gasteiger partial charge in [-0.15, -0.1) is 11.8 Å². The van der Waals surface area contributed by atoms with Gasteiger partial charge in [0.25, 0.3) is 0 Å². The molecule has 0 saturated carbocycles. The maximum atomic E-state index is 12.4. The molecule has 0 aliphatic carbocycles. The van der Waals surface area contributed by atoms with Crippen LogP contribution in [0, 0.1) is 5.92 Å². The van der Waals surface area contributed by atoms with Gasteiger partial charge in [0.15, 0.2) is 0 Å². The number of nitrogens with zero attached hydrogens (tertiary/aromatic N) is 2. The third-order valence-electron chi connectivity index (χ3n) is 3.01. The van der Waals surface area contributed by atoms with Gasteiger partial charge in [0.1, 0.15) is 0 Å². The van der Waals surface area contributed by atoms with Gasteiger partial charge >= 0.3 is 6.03 Å². The molecule has 0 radical (unpaired) electrons. The Labute approximate surface area is 132 Å². The summed E-state index contributed by atoms with van der Waals surface area (Å²) in [7, 11) is 4.04. The number of urea groups is 1. The summed E-state index contributed by atoms with van der Waals surface area (Å²) in [6.07, 6.45) is 2.03. The number of hydrogen-bond acceptors (Lipinski definition) is 3. The van der Waals surface area contributed by atoms with E-state index in [1.807, 2.05) is 49.5 Å². The van der Waals surface area contributed by atoms with Crippen molar-refractivity contribution in [1.82, 2.24) is 9.80 Å². The summed E-state index contributed by atoms with van der Waals surface area (Å²) in [5.41, 5.74) is 0.852. The largest absolute Gasteiger partial charge is 0.323 e. The number of thioether (sulfide) groups is 1. The SMILES string of the molecule is CSc1cccc(NC(=O)N(CCN(C)C)CC(C)C)c1. The predicted molar refractivity (Wildman–Crippen MR) is 92.2 cm³/mol. The van der Waals surface area contributed by atoms with Crippen LogP contribution < -0.4 is 5.32 Å². The lowest BCUT2D eigenvalue weighted by atomic mass is 10.2. The Morgan fingerprint density at radius 3 is 2.57 bits per heavy atom. The Hall–Kier alpha value is -1.20. The molecular weight excluding hydrogens is 282 g/mol. The first-order valence-corrected chi connectivity index (χ1v) is 8.49. The van der Waals surface area contributed by atoms with Crippen molar-refractivity contribution in [1.29, 1.82) is 0 Å². The van der Waals surface area contributed by atoms with Crippen LogP contribution in [0.15, 0.2) is 29.2 Å². The number of hydrogen-bond donors (Lipinski definition) is 1. The summed E-state index contributed by atoms with van der Waals surface area (Å²) in [5, 5.41) is 3.00. The molecule has 21 heavy (non-hydrogen) atoms. The van der Waals surface area contributed by atoms with Gasteiger partial charge in [0, 0.05) is 30.2 Å². The zero-order valence-corrected chi connectivity index (χ0v) is 14.5. The molecule has 0 spiro atoms. The van der Waals surface area contributed by atoms with Gasteiger partial charge in [-0.25, -0.2) is 4.79 Å². The van der Waals surface area contributed by atoms with Crippen LogP contribution in [-0.2, 0) is 0 Å². The molecule has 1 aromatic carbocycles. The summed E-state index contributed by atoms with van der Waals surface area (Å²) in [5.74, 6) is 0.454. The van der Waals surface area contributed by atoms with Crippen LogP contribution in [0.2, 0.25) is 0 Å². The zero-order valence-electron chi connectivity index (χ0n) is 13.7. The summed E-state index contributed by atoms with van der Waals surface area (Å²) in [6.45, 7) is 6.63. The lowest BCUT2D eigenvalue weighted by Crippen LogP contribution is -2.41. The third-order valence-corrected chi connectivity index (χ3v) is 3.74. The number of nitrogens with one attached hydrogen (secondary N) is 1. The predicted octanol–water partition coefficient (Wildman–Crippen LogP) is 3.46. The highest BCUT2D eigenvalue weighted by Gasteiger charge is 2.15. The van der Waals surface area contributed by atoms with Crippen molar-refractivity contribution in [3.05, 3.63) is 24.3 Å². The van der Waals surface area contributed by atoms with Gasteiger partial charge in [-0.05, 0) is 44.5 Å². The van der Waals surface area contributed by atoms with Gasteiger partial charge in [-0.3, -0.25) is 0 Å². The van der Waals surface area contributed by atoms with Crippen LogP contribution >= 0.6 is 11.8 Å². The zero-order chi connectivity index (χ0) is 15.8. The van der Waals surface area contributed by atoms with E-state index in [9.17, 15) is 4.79 Å². The molecule has 0 heterocycles. The normalized spacial score (nSPS) is 11.0. The lowest BCUT2D eigenvalue weighted by Gasteiger charge is -2.26. The fraction of sp³-hybridized carbons (Fsp3) is 0.562. The van der Waals surface area contributed by atoms with Crippen molar-refractivity contribution < 1.29 is 4.79 Å². The fourth-order valence-corrected chi connectivity index (χ4v) is 2.40. The summed E-state index contributed by atoms with van der Waals surface area (Å²) in [6, 6.07) is 7.91. The van der Waals surface area contributed by atoms with E-state index in [0.717, 1.165) is 30.2 Å². The Kier molecular flexibility index (Phi) is 7.61. The van der Waals surface area contributed by atoms with E-state index in [1.165, 1.54) is 0 Å². The first-order chi connectivity index (χ1) is 9.92. The van der Waals surface area contributed by atoms with Gasteiger partial charge in [0.05, 0.1) is 0 Å². The third kappa shape index (κ3) is 6.87. The van der Waals surface area contributed by atoms with E-state index in [2.05, 4.69) is 24.1 Å². The molecule has 4 nitrogen and oxygen atoms in total. The van der Waals surface area contributed by atoms with Crippen LogP contribution in [0.4, 0.5) is 10.5 Å². The van der Waals surface area contributed by atoms with Crippen molar-refractivity contribution in [3.63, 3.8) is 0 Å². The second-order valence-electron chi connectivity index (χ2n) is 5.81. The summed E-state index contributed by atoms with van der Waals surface area (Å²) < 4.78 is 0. The fourth-order valence-electron chi connectivity index (χ4n) is 1.94. The molecule has 1 N–H and O–H groups in total. The molecular formula is C16H27N3OS. The van der Waals surface area contributed by atoms with Gasteiger partial charge in [0.2, 0.25) is 0 Å². The molecule has 0 atom stereocenters.